The predicted molar refractivity (Wildman–Crippen MR) is 93.3 cm³/mol. The van der Waals surface area contributed by atoms with Crippen molar-refractivity contribution >= 4 is 34.0 Å². The lowest BCUT2D eigenvalue weighted by Crippen LogP contribution is -1.85. The molecule has 3 aromatic carbocycles. The molecular weight excluding hydrogens is 276 g/mol. The largest absolute Gasteiger partial charge is 0.0843 e. The van der Waals surface area contributed by atoms with Gasteiger partial charge in [-0.3, -0.25) is 0 Å². The maximum atomic E-state index is 6.22. The van der Waals surface area contributed by atoms with Crippen molar-refractivity contribution in [3.8, 4) is 0 Å². The molecule has 0 atom stereocenters. The summed E-state index contributed by atoms with van der Waals surface area (Å²) in [7, 11) is 0. The highest BCUT2D eigenvalue weighted by Gasteiger charge is 2.05. The van der Waals surface area contributed by atoms with E-state index in [1.807, 2.05) is 30.3 Å². The normalized spacial score (nSPS) is 11.6. The van der Waals surface area contributed by atoms with E-state index in [9.17, 15) is 0 Å². The van der Waals surface area contributed by atoms with Crippen LogP contribution in [0.5, 0.6) is 0 Å². The third kappa shape index (κ3) is 2.91. The molecule has 0 aliphatic rings. The van der Waals surface area contributed by atoms with Gasteiger partial charge in [0, 0.05) is 10.6 Å². The van der Waals surface area contributed by atoms with Crippen LogP contribution >= 0.6 is 11.6 Å². The lowest BCUT2D eigenvalue weighted by Gasteiger charge is -2.08. The second-order valence-corrected chi connectivity index (χ2v) is 5.35. The SMILES string of the molecule is C=C(Cl)C(=Cc1cccc2ccccc12)c1ccccc1. The van der Waals surface area contributed by atoms with E-state index in [-0.39, 0.29) is 0 Å². The van der Waals surface area contributed by atoms with Gasteiger partial charge in [0.15, 0.2) is 0 Å². The summed E-state index contributed by atoms with van der Waals surface area (Å²) in [5.74, 6) is 0. The van der Waals surface area contributed by atoms with Gasteiger partial charge < -0.3 is 0 Å². The Balaban J connectivity index is 2.19. The summed E-state index contributed by atoms with van der Waals surface area (Å²) in [6.45, 7) is 3.91. The van der Waals surface area contributed by atoms with Gasteiger partial charge in [0.25, 0.3) is 0 Å². The first kappa shape index (κ1) is 13.7. The average Bonchev–Trinajstić information content (AvgIpc) is 2.53. The minimum atomic E-state index is 0.550. The molecule has 0 radical (unpaired) electrons. The van der Waals surface area contributed by atoms with Gasteiger partial charge in [0.05, 0.1) is 0 Å². The Morgan fingerprint density at radius 3 is 2.24 bits per heavy atom. The fraction of sp³-hybridized carbons (Fsp3) is 0. The Kier molecular flexibility index (Phi) is 3.89. The molecule has 0 fully saturated rings. The number of allylic oxidation sites excluding steroid dienone is 2. The first-order valence-corrected chi connectivity index (χ1v) is 7.23. The fourth-order valence-electron chi connectivity index (χ4n) is 2.47. The minimum Gasteiger partial charge on any atom is -0.0843 e. The number of hydrogen-bond donors (Lipinski definition) is 0. The topological polar surface area (TPSA) is 0 Å². The molecule has 0 aromatic heterocycles. The molecule has 0 N–H and O–H groups in total. The fourth-order valence-corrected chi connectivity index (χ4v) is 2.63. The zero-order chi connectivity index (χ0) is 14.7. The quantitative estimate of drug-likeness (QED) is 0.402. The van der Waals surface area contributed by atoms with E-state index in [1.165, 1.54) is 10.8 Å². The summed E-state index contributed by atoms with van der Waals surface area (Å²) in [5.41, 5.74) is 3.17. The number of rotatable bonds is 3. The second-order valence-electron chi connectivity index (χ2n) is 4.90. The molecule has 21 heavy (non-hydrogen) atoms. The van der Waals surface area contributed by atoms with Crippen LogP contribution in [0, 0.1) is 0 Å². The molecule has 3 rings (SSSR count). The second kappa shape index (κ2) is 5.99. The number of hydrogen-bond acceptors (Lipinski definition) is 0. The van der Waals surface area contributed by atoms with Gasteiger partial charge in [-0.25, -0.2) is 0 Å². The zero-order valence-electron chi connectivity index (χ0n) is 11.6. The van der Waals surface area contributed by atoms with Crippen LogP contribution in [0.15, 0.2) is 84.4 Å². The van der Waals surface area contributed by atoms with E-state index in [0.29, 0.717) is 5.03 Å². The molecule has 0 saturated heterocycles. The molecule has 0 unspecified atom stereocenters. The maximum absolute atomic E-state index is 6.22. The van der Waals surface area contributed by atoms with Crippen LogP contribution in [-0.2, 0) is 0 Å². The van der Waals surface area contributed by atoms with Crippen LogP contribution in [0.2, 0.25) is 0 Å². The number of halogens is 1. The van der Waals surface area contributed by atoms with E-state index >= 15 is 0 Å². The van der Waals surface area contributed by atoms with Crippen LogP contribution in [0.3, 0.4) is 0 Å². The van der Waals surface area contributed by atoms with E-state index in [2.05, 4.69) is 55.1 Å². The molecule has 0 aliphatic carbocycles. The van der Waals surface area contributed by atoms with E-state index in [1.54, 1.807) is 0 Å². The van der Waals surface area contributed by atoms with Crippen LogP contribution in [0.4, 0.5) is 0 Å². The minimum absolute atomic E-state index is 0.550. The molecule has 0 amide bonds. The first-order valence-electron chi connectivity index (χ1n) is 6.85. The highest BCUT2D eigenvalue weighted by Crippen LogP contribution is 2.29. The van der Waals surface area contributed by atoms with Crippen molar-refractivity contribution in [3.63, 3.8) is 0 Å². The van der Waals surface area contributed by atoms with E-state index in [4.69, 9.17) is 11.6 Å². The molecule has 1 heteroatoms. The van der Waals surface area contributed by atoms with Crippen molar-refractivity contribution < 1.29 is 0 Å². The lowest BCUT2D eigenvalue weighted by molar-refractivity contribution is 1.62. The van der Waals surface area contributed by atoms with Crippen molar-refractivity contribution in [2.45, 2.75) is 0 Å². The smallest absolute Gasteiger partial charge is 0.0412 e. The van der Waals surface area contributed by atoms with Gasteiger partial charge in [-0.1, -0.05) is 91.0 Å². The number of fused-ring (bicyclic) bond motifs is 1. The molecule has 0 spiro atoms. The van der Waals surface area contributed by atoms with Gasteiger partial charge in [0.1, 0.15) is 0 Å². The Hall–Kier alpha value is -2.31. The standard InChI is InChI=1S/C20H15Cl/c1-15(21)20(17-8-3-2-4-9-17)14-18-12-7-11-16-10-5-6-13-19(16)18/h2-14H,1H2. The molecule has 0 saturated carbocycles. The van der Waals surface area contributed by atoms with Gasteiger partial charge in [-0.05, 0) is 28.0 Å². The Bertz CT molecular complexity index is 808. The first-order chi connectivity index (χ1) is 10.3. The predicted octanol–water partition coefficient (Wildman–Crippen LogP) is 6.13. The Morgan fingerprint density at radius 1 is 0.810 bits per heavy atom. The summed E-state index contributed by atoms with van der Waals surface area (Å²) < 4.78 is 0. The lowest BCUT2D eigenvalue weighted by atomic mass is 9.99. The molecule has 0 bridgehead atoms. The van der Waals surface area contributed by atoms with Gasteiger partial charge in [0.2, 0.25) is 0 Å². The maximum Gasteiger partial charge on any atom is 0.0412 e. The monoisotopic (exact) mass is 290 g/mol. The Labute approximate surface area is 130 Å². The van der Waals surface area contributed by atoms with Crippen molar-refractivity contribution in [1.82, 2.24) is 0 Å². The third-order valence-electron chi connectivity index (χ3n) is 3.50. The van der Waals surface area contributed by atoms with E-state index < -0.39 is 0 Å². The van der Waals surface area contributed by atoms with Crippen LogP contribution in [-0.4, -0.2) is 0 Å². The molecule has 0 heterocycles. The number of benzene rings is 3. The van der Waals surface area contributed by atoms with Gasteiger partial charge in [-0.2, -0.15) is 0 Å². The molecule has 0 aliphatic heterocycles. The molecule has 102 valence electrons. The van der Waals surface area contributed by atoms with Crippen LogP contribution in [0.25, 0.3) is 22.4 Å². The van der Waals surface area contributed by atoms with Crippen molar-refractivity contribution in [3.05, 3.63) is 95.5 Å². The van der Waals surface area contributed by atoms with Crippen LogP contribution in [0.1, 0.15) is 11.1 Å². The summed E-state index contributed by atoms with van der Waals surface area (Å²) in [6.07, 6.45) is 2.10. The summed E-state index contributed by atoms with van der Waals surface area (Å²) in [5, 5.41) is 2.99. The van der Waals surface area contributed by atoms with Gasteiger partial charge in [-0.15, -0.1) is 0 Å². The van der Waals surface area contributed by atoms with Crippen LogP contribution < -0.4 is 0 Å². The highest BCUT2D eigenvalue weighted by molar-refractivity contribution is 6.37. The molecular formula is C20H15Cl. The molecule has 3 aromatic rings. The van der Waals surface area contributed by atoms with Crippen molar-refractivity contribution in [2.75, 3.05) is 0 Å². The van der Waals surface area contributed by atoms with E-state index in [0.717, 1.165) is 16.7 Å². The highest BCUT2D eigenvalue weighted by atomic mass is 35.5. The Morgan fingerprint density at radius 2 is 1.48 bits per heavy atom. The van der Waals surface area contributed by atoms with Crippen molar-refractivity contribution in [1.29, 1.82) is 0 Å². The summed E-state index contributed by atoms with van der Waals surface area (Å²) in [4.78, 5) is 0. The summed E-state index contributed by atoms with van der Waals surface area (Å²) in [6, 6.07) is 24.7. The summed E-state index contributed by atoms with van der Waals surface area (Å²) >= 11 is 6.22. The average molecular weight is 291 g/mol. The van der Waals surface area contributed by atoms with Gasteiger partial charge >= 0.3 is 0 Å². The third-order valence-corrected chi connectivity index (χ3v) is 3.70. The van der Waals surface area contributed by atoms with Crippen molar-refractivity contribution in [2.24, 2.45) is 0 Å². The zero-order valence-corrected chi connectivity index (χ0v) is 12.3. The molecule has 0 nitrogen and oxygen atoms in total.